The van der Waals surface area contributed by atoms with E-state index in [2.05, 4.69) is 20.2 Å². The van der Waals surface area contributed by atoms with Crippen LogP contribution in [0.15, 0.2) is 88.6 Å². The Kier molecular flexibility index (Phi) is 8.84. The Bertz CT molecular complexity index is 1990. The van der Waals surface area contributed by atoms with Crippen molar-refractivity contribution in [3.63, 3.8) is 0 Å². The first-order valence-electron chi connectivity index (χ1n) is 15.3. The van der Waals surface area contributed by atoms with Gasteiger partial charge >= 0.3 is 18.0 Å². The summed E-state index contributed by atoms with van der Waals surface area (Å²) in [4.78, 5) is 57.5. The van der Waals surface area contributed by atoms with E-state index in [1.807, 2.05) is 22.4 Å². The number of rotatable bonds is 8. The van der Waals surface area contributed by atoms with Crippen LogP contribution in [0.1, 0.15) is 27.0 Å². The highest BCUT2D eigenvalue weighted by molar-refractivity contribution is 7.11. The molecule has 250 valence electrons. The van der Waals surface area contributed by atoms with Crippen LogP contribution in [0.2, 0.25) is 5.02 Å². The number of carbonyl (C=O) groups excluding carboxylic acids is 2. The molecule has 3 aliphatic heterocycles. The molecule has 2 unspecified atom stereocenters. The molecule has 0 bridgehead atoms. The van der Waals surface area contributed by atoms with Crippen molar-refractivity contribution in [2.45, 2.75) is 12.1 Å². The van der Waals surface area contributed by atoms with Crippen LogP contribution >= 0.6 is 22.9 Å². The molecule has 3 aliphatic rings. The Hall–Kier alpha value is -5.18. The largest absolute Gasteiger partial charge is 0.478 e. The Balaban J connectivity index is 1.11. The molecule has 2 atom stereocenters. The number of fused-ring (bicyclic) bond motifs is 1. The summed E-state index contributed by atoms with van der Waals surface area (Å²) in [5, 5.41) is 15.1. The first-order chi connectivity index (χ1) is 23.7. The second-order valence-corrected chi connectivity index (χ2v) is 13.0. The number of nitrogens with zero attached hydrogens (tertiary/aromatic N) is 6. The van der Waals surface area contributed by atoms with Gasteiger partial charge in [-0.1, -0.05) is 29.8 Å². The van der Waals surface area contributed by atoms with Crippen molar-refractivity contribution in [1.82, 2.24) is 25.1 Å². The summed E-state index contributed by atoms with van der Waals surface area (Å²) in [5.41, 5.74) is 3.54. The van der Waals surface area contributed by atoms with Gasteiger partial charge in [-0.2, -0.15) is 0 Å². The molecule has 0 spiro atoms. The zero-order valence-corrected chi connectivity index (χ0v) is 27.6. The number of aromatic carboxylic acids is 1. The number of nitrogens with one attached hydrogen (secondary N) is 1. The smallest absolute Gasteiger partial charge is 0.338 e. The topological polar surface area (TPSA) is 141 Å². The lowest BCUT2D eigenvalue weighted by Crippen LogP contribution is -2.53. The highest BCUT2D eigenvalue weighted by Crippen LogP contribution is 2.37. The van der Waals surface area contributed by atoms with Crippen LogP contribution in [0.3, 0.4) is 0 Å². The number of aromatic nitrogens is 2. The maximum atomic E-state index is 14.0. The normalized spacial score (nSPS) is 19.4. The monoisotopic (exact) mass is 701 g/mol. The average molecular weight is 702 g/mol. The lowest BCUT2D eigenvalue weighted by atomic mass is 9.95. The van der Waals surface area contributed by atoms with E-state index in [0.717, 1.165) is 5.56 Å². The number of methoxy groups -OCH3 is 1. The van der Waals surface area contributed by atoms with E-state index in [0.29, 0.717) is 66.2 Å². The van der Waals surface area contributed by atoms with E-state index in [9.17, 15) is 18.8 Å². The highest BCUT2D eigenvalue weighted by atomic mass is 35.5. The number of urea groups is 1. The molecule has 2 N–H and O–H groups in total. The summed E-state index contributed by atoms with van der Waals surface area (Å²) in [7, 11) is 1.30. The number of piperazine rings is 1. The van der Waals surface area contributed by atoms with Gasteiger partial charge in [0.25, 0.3) is 0 Å². The molecular formula is C34H29ClFN7O5S. The van der Waals surface area contributed by atoms with E-state index < -0.39 is 23.8 Å². The van der Waals surface area contributed by atoms with Crippen molar-refractivity contribution in [1.29, 1.82) is 0 Å². The maximum Gasteiger partial charge on any atom is 0.338 e. The van der Waals surface area contributed by atoms with Gasteiger partial charge in [0.2, 0.25) is 0 Å². The van der Waals surface area contributed by atoms with Crippen LogP contribution < -0.4 is 10.2 Å². The van der Waals surface area contributed by atoms with E-state index in [4.69, 9.17) is 26.4 Å². The van der Waals surface area contributed by atoms with Gasteiger partial charge in [-0.05, 0) is 36.4 Å². The molecule has 2 fully saturated rings. The first kappa shape index (κ1) is 32.4. The third-order valence-electron chi connectivity index (χ3n) is 8.73. The van der Waals surface area contributed by atoms with Crippen LogP contribution in [0.25, 0.3) is 11.3 Å². The fourth-order valence-electron chi connectivity index (χ4n) is 6.32. The molecule has 5 heterocycles. The molecule has 15 heteroatoms. The minimum atomic E-state index is -0.999. The highest BCUT2D eigenvalue weighted by Gasteiger charge is 2.42. The Morgan fingerprint density at radius 3 is 2.59 bits per heavy atom. The minimum absolute atomic E-state index is 0.112. The van der Waals surface area contributed by atoms with Gasteiger partial charge in [-0.25, -0.2) is 23.8 Å². The van der Waals surface area contributed by atoms with E-state index >= 15 is 0 Å². The number of amidine groups is 1. The average Bonchev–Trinajstić information content (AvgIpc) is 3.76. The summed E-state index contributed by atoms with van der Waals surface area (Å²) in [6.45, 7) is 2.32. The second kappa shape index (κ2) is 13.4. The molecular weight excluding hydrogens is 673 g/mol. The fourth-order valence-corrected chi connectivity index (χ4v) is 7.18. The minimum Gasteiger partial charge on any atom is -0.478 e. The number of carboxylic acid groups (broad SMARTS) is 1. The number of ether oxygens (including phenoxy) is 1. The van der Waals surface area contributed by atoms with Crippen LogP contribution in [0.4, 0.5) is 14.9 Å². The number of carbonyl (C=O) groups is 3. The van der Waals surface area contributed by atoms with Crippen molar-refractivity contribution in [3.05, 3.63) is 111 Å². The molecule has 0 saturated carbocycles. The van der Waals surface area contributed by atoms with Gasteiger partial charge < -0.3 is 20.1 Å². The second-order valence-electron chi connectivity index (χ2n) is 11.7. The number of aliphatic imine (C=N–C) groups is 1. The summed E-state index contributed by atoms with van der Waals surface area (Å²) < 4.78 is 19.2. The summed E-state index contributed by atoms with van der Waals surface area (Å²) in [6, 6.07) is 13.0. The predicted molar refractivity (Wildman–Crippen MR) is 181 cm³/mol. The summed E-state index contributed by atoms with van der Waals surface area (Å²) in [6.07, 6.45) is 3.31. The third kappa shape index (κ3) is 6.37. The van der Waals surface area contributed by atoms with Gasteiger partial charge in [0.1, 0.15) is 11.9 Å². The quantitative estimate of drug-likeness (QED) is 0.247. The van der Waals surface area contributed by atoms with Gasteiger partial charge in [-0.3, -0.25) is 19.8 Å². The van der Waals surface area contributed by atoms with Gasteiger partial charge in [-0.15, -0.1) is 11.3 Å². The molecule has 12 nitrogen and oxygen atoms in total. The van der Waals surface area contributed by atoms with Crippen molar-refractivity contribution in [2.75, 3.05) is 44.7 Å². The van der Waals surface area contributed by atoms with Gasteiger partial charge in [0, 0.05) is 66.1 Å². The number of hydrogen-bond donors (Lipinski definition) is 2. The zero-order chi connectivity index (χ0) is 34.2. The number of thiazole rings is 1. The Morgan fingerprint density at radius 2 is 1.92 bits per heavy atom. The fraction of sp³-hybridized carbons (Fsp3) is 0.235. The predicted octanol–water partition coefficient (Wildman–Crippen LogP) is 4.84. The van der Waals surface area contributed by atoms with Gasteiger partial charge in [0.15, 0.2) is 10.8 Å². The molecule has 7 rings (SSSR count). The Labute approximate surface area is 289 Å². The number of carboxylic acids is 1. The van der Waals surface area contributed by atoms with E-state index in [1.54, 1.807) is 29.4 Å². The van der Waals surface area contributed by atoms with Crippen molar-refractivity contribution < 1.29 is 28.6 Å². The number of amides is 2. The van der Waals surface area contributed by atoms with Crippen LogP contribution in [0.5, 0.6) is 0 Å². The number of pyridine rings is 1. The Morgan fingerprint density at radius 1 is 1.10 bits per heavy atom. The molecule has 2 saturated heterocycles. The van der Waals surface area contributed by atoms with Gasteiger partial charge in [0.05, 0.1) is 41.9 Å². The van der Waals surface area contributed by atoms with Crippen molar-refractivity contribution >= 4 is 52.4 Å². The molecule has 2 aromatic heterocycles. The SMILES string of the molecule is COC(=O)C1=C(CN2CCN3C(=O)N(c4ccc(-c5ccc(C(=O)O)cc5)nc4)CC3C2)NC(c2nccs2)=NC1c1ccc(F)cc1Cl. The standard InChI is InChI=1S/C34H29ClFN7O5S/c1-48-33(46)28-27(39-30(31-37-10-13-49-31)40-29(28)24-8-6-21(36)14-25(24)35)18-41-11-12-42-23(16-41)17-43(34(42)47)22-7-9-26(38-15-22)19-2-4-20(5-3-19)32(44)45/h2-10,13-15,23,29H,11-12,16-18H2,1H3,(H,39,40)(H,44,45). The van der Waals surface area contributed by atoms with Crippen molar-refractivity contribution in [2.24, 2.45) is 4.99 Å². The number of esters is 1. The summed E-state index contributed by atoms with van der Waals surface area (Å²) >= 11 is 7.87. The lowest BCUT2D eigenvalue weighted by molar-refractivity contribution is -0.136. The van der Waals surface area contributed by atoms with Crippen LogP contribution in [-0.4, -0.2) is 94.6 Å². The molecule has 2 aromatic carbocycles. The molecule has 2 amide bonds. The van der Waals surface area contributed by atoms with Crippen LogP contribution in [0, 0.1) is 5.82 Å². The number of hydrogen-bond acceptors (Lipinski definition) is 10. The van der Waals surface area contributed by atoms with E-state index in [-0.39, 0.29) is 28.2 Å². The molecule has 4 aromatic rings. The molecule has 49 heavy (non-hydrogen) atoms. The molecule has 0 aliphatic carbocycles. The number of anilines is 1. The third-order valence-corrected chi connectivity index (χ3v) is 9.84. The molecule has 0 radical (unpaired) electrons. The lowest BCUT2D eigenvalue weighted by Gasteiger charge is -2.38. The maximum absolute atomic E-state index is 14.0. The van der Waals surface area contributed by atoms with Crippen LogP contribution in [-0.2, 0) is 9.53 Å². The zero-order valence-electron chi connectivity index (χ0n) is 26.0. The summed E-state index contributed by atoms with van der Waals surface area (Å²) in [5.74, 6) is -1.64. The number of halogens is 2. The van der Waals surface area contributed by atoms with E-state index in [1.165, 1.54) is 48.8 Å². The number of benzene rings is 2. The van der Waals surface area contributed by atoms with Crippen molar-refractivity contribution in [3.8, 4) is 11.3 Å². The first-order valence-corrected chi connectivity index (χ1v) is 16.6.